The van der Waals surface area contributed by atoms with Crippen molar-refractivity contribution in [2.75, 3.05) is 13.2 Å². The van der Waals surface area contributed by atoms with Crippen LogP contribution in [0, 0.1) is 5.92 Å². The summed E-state index contributed by atoms with van der Waals surface area (Å²) in [4.78, 5) is 14.7. The third-order valence-corrected chi connectivity index (χ3v) is 4.34. The molecule has 2 fully saturated rings. The van der Waals surface area contributed by atoms with E-state index in [1.165, 1.54) is 0 Å². The molecule has 1 heterocycles. The van der Waals surface area contributed by atoms with Crippen molar-refractivity contribution in [2.45, 2.75) is 64.1 Å². The van der Waals surface area contributed by atoms with Gasteiger partial charge in [0.25, 0.3) is 0 Å². The summed E-state index contributed by atoms with van der Waals surface area (Å²) < 4.78 is 5.65. The standard InChI is InChI=1S/C14H26N2O2/c1-3-13-9-18-10(2)8-16(13)14(17)11-4-6-12(15)7-5-11/h10-13H,3-9,15H2,1-2H3. The molecule has 0 aromatic rings. The van der Waals surface area contributed by atoms with E-state index in [-0.39, 0.29) is 18.1 Å². The summed E-state index contributed by atoms with van der Waals surface area (Å²) in [5, 5.41) is 0. The number of morpholine rings is 1. The molecule has 0 aromatic carbocycles. The Morgan fingerprint density at radius 2 is 2.00 bits per heavy atom. The molecule has 1 saturated heterocycles. The number of amides is 1. The van der Waals surface area contributed by atoms with Crippen LogP contribution in [-0.2, 0) is 9.53 Å². The molecule has 1 aliphatic carbocycles. The third-order valence-electron chi connectivity index (χ3n) is 4.34. The highest BCUT2D eigenvalue weighted by Gasteiger charge is 2.34. The van der Waals surface area contributed by atoms with Gasteiger partial charge < -0.3 is 15.4 Å². The Morgan fingerprint density at radius 1 is 1.33 bits per heavy atom. The van der Waals surface area contributed by atoms with Gasteiger partial charge in [0.1, 0.15) is 0 Å². The molecule has 0 radical (unpaired) electrons. The molecule has 18 heavy (non-hydrogen) atoms. The average molecular weight is 254 g/mol. The van der Waals surface area contributed by atoms with E-state index in [9.17, 15) is 4.79 Å². The first-order valence-corrected chi connectivity index (χ1v) is 7.29. The van der Waals surface area contributed by atoms with Crippen LogP contribution in [0.1, 0.15) is 46.0 Å². The number of carbonyl (C=O) groups is 1. The summed E-state index contributed by atoms with van der Waals surface area (Å²) in [6, 6.07) is 0.573. The van der Waals surface area contributed by atoms with Crippen molar-refractivity contribution >= 4 is 5.91 Å². The molecular weight excluding hydrogens is 228 g/mol. The van der Waals surface area contributed by atoms with Crippen molar-refractivity contribution < 1.29 is 9.53 Å². The van der Waals surface area contributed by atoms with Crippen LogP contribution in [0.25, 0.3) is 0 Å². The smallest absolute Gasteiger partial charge is 0.226 e. The number of hydrogen-bond donors (Lipinski definition) is 1. The van der Waals surface area contributed by atoms with Crippen LogP contribution < -0.4 is 5.73 Å². The Hall–Kier alpha value is -0.610. The Kier molecular flexibility index (Phi) is 4.62. The normalized spacial score (nSPS) is 37.6. The fourth-order valence-electron chi connectivity index (χ4n) is 3.05. The van der Waals surface area contributed by atoms with Gasteiger partial charge in [-0.3, -0.25) is 4.79 Å². The van der Waals surface area contributed by atoms with Crippen LogP contribution in [0.15, 0.2) is 0 Å². The molecule has 2 rings (SSSR count). The maximum Gasteiger partial charge on any atom is 0.226 e. The maximum atomic E-state index is 12.6. The lowest BCUT2D eigenvalue weighted by molar-refractivity contribution is -0.149. The van der Waals surface area contributed by atoms with E-state index in [1.54, 1.807) is 0 Å². The topological polar surface area (TPSA) is 55.6 Å². The Balaban J connectivity index is 1.97. The van der Waals surface area contributed by atoms with Crippen molar-refractivity contribution in [3.8, 4) is 0 Å². The summed E-state index contributed by atoms with van der Waals surface area (Å²) in [5.74, 6) is 0.535. The van der Waals surface area contributed by atoms with Crippen LogP contribution in [0.4, 0.5) is 0 Å². The quantitative estimate of drug-likeness (QED) is 0.813. The number of nitrogens with two attached hydrogens (primary N) is 1. The van der Waals surface area contributed by atoms with Gasteiger partial charge in [-0.05, 0) is 39.0 Å². The van der Waals surface area contributed by atoms with Crippen molar-refractivity contribution in [1.29, 1.82) is 0 Å². The van der Waals surface area contributed by atoms with Gasteiger partial charge in [0.05, 0.1) is 18.8 Å². The molecule has 2 N–H and O–H groups in total. The number of hydrogen-bond acceptors (Lipinski definition) is 3. The van der Waals surface area contributed by atoms with Gasteiger partial charge in [-0.25, -0.2) is 0 Å². The zero-order valence-electron chi connectivity index (χ0n) is 11.6. The monoisotopic (exact) mass is 254 g/mol. The minimum atomic E-state index is 0.169. The van der Waals surface area contributed by atoms with Crippen molar-refractivity contribution in [3.63, 3.8) is 0 Å². The van der Waals surface area contributed by atoms with E-state index < -0.39 is 0 Å². The Morgan fingerprint density at radius 3 is 2.61 bits per heavy atom. The van der Waals surface area contributed by atoms with Gasteiger partial charge in [0.2, 0.25) is 5.91 Å². The van der Waals surface area contributed by atoms with Gasteiger partial charge in [-0.2, -0.15) is 0 Å². The van der Waals surface area contributed by atoms with Crippen molar-refractivity contribution in [3.05, 3.63) is 0 Å². The van der Waals surface area contributed by atoms with Crippen molar-refractivity contribution in [1.82, 2.24) is 4.90 Å². The van der Waals surface area contributed by atoms with Crippen LogP contribution in [0.2, 0.25) is 0 Å². The number of carbonyl (C=O) groups excluding carboxylic acids is 1. The molecular formula is C14H26N2O2. The highest BCUT2D eigenvalue weighted by molar-refractivity contribution is 5.79. The van der Waals surface area contributed by atoms with Gasteiger partial charge >= 0.3 is 0 Å². The fourth-order valence-corrected chi connectivity index (χ4v) is 3.05. The zero-order chi connectivity index (χ0) is 13.1. The Labute approximate surface area is 110 Å². The maximum absolute atomic E-state index is 12.6. The minimum Gasteiger partial charge on any atom is -0.375 e. The van der Waals surface area contributed by atoms with Crippen molar-refractivity contribution in [2.24, 2.45) is 11.7 Å². The summed E-state index contributed by atoms with van der Waals surface area (Å²) >= 11 is 0. The molecule has 1 aliphatic heterocycles. The zero-order valence-corrected chi connectivity index (χ0v) is 11.6. The SMILES string of the molecule is CCC1COC(C)CN1C(=O)C1CCC(N)CC1. The van der Waals surface area contributed by atoms with E-state index in [0.717, 1.165) is 38.6 Å². The second-order valence-electron chi connectivity index (χ2n) is 5.81. The Bertz CT molecular complexity index is 288. The number of ether oxygens (including phenoxy) is 1. The van der Waals surface area contributed by atoms with Gasteiger partial charge in [-0.15, -0.1) is 0 Å². The molecule has 0 aromatic heterocycles. The van der Waals surface area contributed by atoms with Crippen LogP contribution in [-0.4, -0.2) is 42.1 Å². The highest BCUT2D eigenvalue weighted by Crippen LogP contribution is 2.27. The first-order valence-electron chi connectivity index (χ1n) is 7.29. The molecule has 1 amide bonds. The molecule has 0 bridgehead atoms. The lowest BCUT2D eigenvalue weighted by Gasteiger charge is -2.41. The second kappa shape index (κ2) is 6.02. The first-order chi connectivity index (χ1) is 8.61. The third kappa shape index (κ3) is 3.04. The van der Waals surface area contributed by atoms with Crippen LogP contribution >= 0.6 is 0 Å². The van der Waals surface area contributed by atoms with Crippen LogP contribution in [0.3, 0.4) is 0 Å². The second-order valence-corrected chi connectivity index (χ2v) is 5.81. The molecule has 4 nitrogen and oxygen atoms in total. The largest absolute Gasteiger partial charge is 0.375 e. The summed E-state index contributed by atoms with van der Waals surface area (Å²) in [6.45, 7) is 5.61. The predicted molar refractivity (Wildman–Crippen MR) is 71.1 cm³/mol. The molecule has 2 aliphatic rings. The van der Waals surface area contributed by atoms with E-state index >= 15 is 0 Å². The first kappa shape index (κ1) is 13.8. The summed E-state index contributed by atoms with van der Waals surface area (Å²) in [6.07, 6.45) is 5.05. The molecule has 4 heteroatoms. The fraction of sp³-hybridized carbons (Fsp3) is 0.929. The van der Waals surface area contributed by atoms with Gasteiger partial charge in [0.15, 0.2) is 0 Å². The summed E-state index contributed by atoms with van der Waals surface area (Å²) in [7, 11) is 0. The number of rotatable bonds is 2. The average Bonchev–Trinajstić information content (AvgIpc) is 2.39. The lowest BCUT2D eigenvalue weighted by Crippen LogP contribution is -2.53. The van der Waals surface area contributed by atoms with E-state index in [4.69, 9.17) is 10.5 Å². The van der Waals surface area contributed by atoms with Gasteiger partial charge in [0, 0.05) is 18.5 Å². The molecule has 2 atom stereocenters. The minimum absolute atomic E-state index is 0.169. The van der Waals surface area contributed by atoms with E-state index in [1.807, 2.05) is 6.92 Å². The molecule has 2 unspecified atom stereocenters. The lowest BCUT2D eigenvalue weighted by atomic mass is 9.85. The van der Waals surface area contributed by atoms with Gasteiger partial charge in [-0.1, -0.05) is 6.92 Å². The molecule has 104 valence electrons. The summed E-state index contributed by atoms with van der Waals surface area (Å²) in [5.41, 5.74) is 5.91. The molecule has 1 saturated carbocycles. The van der Waals surface area contributed by atoms with E-state index in [2.05, 4.69) is 11.8 Å². The highest BCUT2D eigenvalue weighted by atomic mass is 16.5. The van der Waals surface area contributed by atoms with Crippen LogP contribution in [0.5, 0.6) is 0 Å². The predicted octanol–water partition coefficient (Wildman–Crippen LogP) is 1.53. The number of nitrogens with zero attached hydrogens (tertiary/aromatic N) is 1. The molecule has 0 spiro atoms. The van der Waals surface area contributed by atoms with E-state index in [0.29, 0.717) is 18.6 Å².